The van der Waals surface area contributed by atoms with Crippen molar-refractivity contribution in [3.63, 3.8) is 0 Å². The number of hydrogen-bond acceptors (Lipinski definition) is 2. The van der Waals surface area contributed by atoms with Gasteiger partial charge in [-0.1, -0.05) is 22.0 Å². The van der Waals surface area contributed by atoms with Gasteiger partial charge in [0.05, 0.1) is 0 Å². The Kier molecular flexibility index (Phi) is 3.92. The van der Waals surface area contributed by atoms with Crippen LogP contribution in [0.15, 0.2) is 22.7 Å². The van der Waals surface area contributed by atoms with Gasteiger partial charge in [0.25, 0.3) is 0 Å². The third kappa shape index (κ3) is 3.18. The first-order chi connectivity index (χ1) is 9.13. The number of rotatable bonds is 4. The van der Waals surface area contributed by atoms with E-state index in [1.807, 2.05) is 19.1 Å². The molecule has 1 N–H and O–H groups in total. The smallest absolute Gasteiger partial charge is 0.129 e. The number of nitrogens with zero attached hydrogens (tertiary/aromatic N) is 1. The predicted molar refractivity (Wildman–Crippen MR) is 78.7 cm³/mol. The summed E-state index contributed by atoms with van der Waals surface area (Å²) >= 11 is 3.30. The van der Waals surface area contributed by atoms with Crippen LogP contribution < -0.4 is 5.32 Å². The molecule has 0 radical (unpaired) electrons. The minimum absolute atomic E-state index is 0.0669. The SMILES string of the molecule is CC(NC1CCN(C2CC2)C1)c1ccc(Br)cc1F. The molecule has 1 aromatic rings. The van der Waals surface area contributed by atoms with Crippen molar-refractivity contribution in [1.82, 2.24) is 10.2 Å². The normalized spacial score (nSPS) is 25.7. The van der Waals surface area contributed by atoms with Gasteiger partial charge >= 0.3 is 0 Å². The fourth-order valence-corrected chi connectivity index (χ4v) is 3.32. The zero-order chi connectivity index (χ0) is 13.4. The minimum Gasteiger partial charge on any atom is -0.306 e. The lowest BCUT2D eigenvalue weighted by Crippen LogP contribution is -2.35. The highest BCUT2D eigenvalue weighted by Crippen LogP contribution is 2.30. The number of nitrogens with one attached hydrogen (secondary N) is 1. The van der Waals surface area contributed by atoms with E-state index in [-0.39, 0.29) is 11.9 Å². The molecule has 104 valence electrons. The summed E-state index contributed by atoms with van der Waals surface area (Å²) < 4.78 is 14.7. The van der Waals surface area contributed by atoms with Gasteiger partial charge in [-0.15, -0.1) is 0 Å². The van der Waals surface area contributed by atoms with Gasteiger partial charge < -0.3 is 5.32 Å². The number of benzene rings is 1. The Balaban J connectivity index is 1.60. The van der Waals surface area contributed by atoms with Crippen LogP contribution in [0.1, 0.15) is 37.8 Å². The molecule has 3 rings (SSSR count). The molecule has 2 unspecified atom stereocenters. The largest absolute Gasteiger partial charge is 0.306 e. The first-order valence-corrected chi connectivity index (χ1v) is 7.88. The second-order valence-electron chi connectivity index (χ2n) is 5.77. The fraction of sp³-hybridized carbons (Fsp3) is 0.600. The summed E-state index contributed by atoms with van der Waals surface area (Å²) in [5, 5.41) is 3.57. The van der Waals surface area contributed by atoms with E-state index in [4.69, 9.17) is 0 Å². The van der Waals surface area contributed by atoms with Gasteiger partial charge in [-0.25, -0.2) is 4.39 Å². The van der Waals surface area contributed by atoms with Gasteiger partial charge in [0.2, 0.25) is 0 Å². The summed E-state index contributed by atoms with van der Waals surface area (Å²) in [5.74, 6) is -0.133. The molecule has 2 aliphatic rings. The van der Waals surface area contributed by atoms with Gasteiger partial charge in [0, 0.05) is 41.3 Å². The molecule has 4 heteroatoms. The van der Waals surface area contributed by atoms with Crippen molar-refractivity contribution in [1.29, 1.82) is 0 Å². The van der Waals surface area contributed by atoms with E-state index < -0.39 is 0 Å². The van der Waals surface area contributed by atoms with Crippen molar-refractivity contribution in [2.24, 2.45) is 0 Å². The third-order valence-electron chi connectivity index (χ3n) is 4.20. The van der Waals surface area contributed by atoms with Crippen LogP contribution in [0.5, 0.6) is 0 Å². The Labute approximate surface area is 122 Å². The van der Waals surface area contributed by atoms with Crippen LogP contribution in [0.4, 0.5) is 4.39 Å². The fourth-order valence-electron chi connectivity index (χ4n) is 2.99. The number of hydrogen-bond donors (Lipinski definition) is 1. The molecule has 1 saturated heterocycles. The molecule has 19 heavy (non-hydrogen) atoms. The van der Waals surface area contributed by atoms with Crippen LogP contribution in [-0.2, 0) is 0 Å². The average Bonchev–Trinajstić information content (AvgIpc) is 3.10. The topological polar surface area (TPSA) is 15.3 Å². The van der Waals surface area contributed by atoms with Crippen molar-refractivity contribution in [3.05, 3.63) is 34.1 Å². The van der Waals surface area contributed by atoms with E-state index in [9.17, 15) is 4.39 Å². The van der Waals surface area contributed by atoms with E-state index in [0.29, 0.717) is 6.04 Å². The molecule has 1 aromatic carbocycles. The summed E-state index contributed by atoms with van der Waals surface area (Å²) in [5.41, 5.74) is 0.757. The van der Waals surface area contributed by atoms with Crippen molar-refractivity contribution in [3.8, 4) is 0 Å². The molecule has 2 nitrogen and oxygen atoms in total. The van der Waals surface area contributed by atoms with Crippen LogP contribution in [0, 0.1) is 5.82 Å². The van der Waals surface area contributed by atoms with Crippen molar-refractivity contribution < 1.29 is 4.39 Å². The average molecular weight is 327 g/mol. The Hall–Kier alpha value is -0.450. The molecule has 0 aromatic heterocycles. The summed E-state index contributed by atoms with van der Waals surface area (Å²) in [6.45, 7) is 4.36. The standard InChI is InChI=1S/C15H20BrFN2/c1-10(14-5-2-11(16)8-15(14)17)18-12-6-7-19(9-12)13-3-4-13/h2,5,8,10,12-13,18H,3-4,6-7,9H2,1H3. The number of likely N-dealkylation sites (tertiary alicyclic amines) is 1. The van der Waals surface area contributed by atoms with E-state index in [0.717, 1.165) is 22.6 Å². The van der Waals surface area contributed by atoms with Crippen LogP contribution in [-0.4, -0.2) is 30.1 Å². The van der Waals surface area contributed by atoms with E-state index >= 15 is 0 Å². The van der Waals surface area contributed by atoms with Crippen molar-refractivity contribution >= 4 is 15.9 Å². The lowest BCUT2D eigenvalue weighted by molar-refractivity contribution is 0.313. The second-order valence-corrected chi connectivity index (χ2v) is 6.68. The molecular weight excluding hydrogens is 307 g/mol. The first kappa shape index (κ1) is 13.5. The van der Waals surface area contributed by atoms with E-state index in [1.54, 1.807) is 6.07 Å². The quantitative estimate of drug-likeness (QED) is 0.911. The highest BCUT2D eigenvalue weighted by molar-refractivity contribution is 9.10. The lowest BCUT2D eigenvalue weighted by Gasteiger charge is -2.21. The molecule has 1 aliphatic heterocycles. The van der Waals surface area contributed by atoms with Crippen molar-refractivity contribution in [2.75, 3.05) is 13.1 Å². The molecular formula is C15H20BrFN2. The molecule has 2 atom stereocenters. The zero-order valence-electron chi connectivity index (χ0n) is 11.2. The van der Waals surface area contributed by atoms with Gasteiger partial charge in [0.15, 0.2) is 0 Å². The highest BCUT2D eigenvalue weighted by Gasteiger charge is 2.34. The van der Waals surface area contributed by atoms with Gasteiger partial charge in [-0.3, -0.25) is 4.90 Å². The minimum atomic E-state index is -0.133. The summed E-state index contributed by atoms with van der Waals surface area (Å²) in [6, 6.07) is 6.72. The Morgan fingerprint density at radius 1 is 1.37 bits per heavy atom. The molecule has 0 amide bonds. The third-order valence-corrected chi connectivity index (χ3v) is 4.69. The summed E-state index contributed by atoms with van der Waals surface area (Å²) in [6.07, 6.45) is 3.91. The van der Waals surface area contributed by atoms with Gasteiger partial charge in [-0.2, -0.15) is 0 Å². The second kappa shape index (κ2) is 5.51. The maximum atomic E-state index is 13.9. The van der Waals surface area contributed by atoms with E-state index in [2.05, 4.69) is 26.1 Å². The maximum Gasteiger partial charge on any atom is 0.129 e. The molecule has 1 saturated carbocycles. The molecule has 1 heterocycles. The first-order valence-electron chi connectivity index (χ1n) is 7.08. The van der Waals surface area contributed by atoms with Crippen LogP contribution >= 0.6 is 15.9 Å². The molecule has 0 bridgehead atoms. The number of halogens is 2. The highest BCUT2D eigenvalue weighted by atomic mass is 79.9. The van der Waals surface area contributed by atoms with Crippen molar-refractivity contribution in [2.45, 2.75) is 44.3 Å². The summed E-state index contributed by atoms with van der Waals surface area (Å²) in [4.78, 5) is 2.57. The Bertz CT molecular complexity index is 461. The zero-order valence-corrected chi connectivity index (χ0v) is 12.8. The Morgan fingerprint density at radius 2 is 2.16 bits per heavy atom. The predicted octanol–water partition coefficient (Wildman–Crippen LogP) is 3.48. The Morgan fingerprint density at radius 3 is 2.84 bits per heavy atom. The molecule has 2 fully saturated rings. The van der Waals surface area contributed by atoms with Crippen LogP contribution in [0.25, 0.3) is 0 Å². The van der Waals surface area contributed by atoms with Crippen LogP contribution in [0.3, 0.4) is 0 Å². The molecule has 1 aliphatic carbocycles. The van der Waals surface area contributed by atoms with E-state index in [1.165, 1.54) is 25.8 Å². The molecule has 0 spiro atoms. The van der Waals surface area contributed by atoms with Gasteiger partial charge in [0.1, 0.15) is 5.82 Å². The monoisotopic (exact) mass is 326 g/mol. The summed E-state index contributed by atoms with van der Waals surface area (Å²) in [7, 11) is 0. The maximum absolute atomic E-state index is 13.9. The lowest BCUT2D eigenvalue weighted by atomic mass is 10.1. The van der Waals surface area contributed by atoms with Crippen LogP contribution in [0.2, 0.25) is 0 Å². The van der Waals surface area contributed by atoms with Gasteiger partial charge in [-0.05, 0) is 38.3 Å².